The van der Waals surface area contributed by atoms with Crippen molar-refractivity contribution in [2.45, 2.75) is 19.4 Å². The molecule has 1 heterocycles. The van der Waals surface area contributed by atoms with Gasteiger partial charge < -0.3 is 20.5 Å². The number of amides is 2. The highest BCUT2D eigenvalue weighted by atomic mass is 16.5. The van der Waals surface area contributed by atoms with Crippen LogP contribution in [0.2, 0.25) is 0 Å². The molecule has 2 amide bonds. The van der Waals surface area contributed by atoms with Crippen molar-refractivity contribution in [1.29, 1.82) is 0 Å². The molecule has 0 aromatic carbocycles. The fourth-order valence-corrected chi connectivity index (χ4v) is 1.78. The topological polar surface area (TPSA) is 101 Å². The number of nitrogens with one attached hydrogen (secondary N) is 2. The number of aromatic nitrogens is 1. The number of ether oxygens (including phenoxy) is 1. The summed E-state index contributed by atoms with van der Waals surface area (Å²) in [6, 6.07) is 3.11. The highest BCUT2D eigenvalue weighted by Crippen LogP contribution is 2.45. The van der Waals surface area contributed by atoms with Gasteiger partial charge in [-0.1, -0.05) is 0 Å². The molecule has 1 saturated carbocycles. The van der Waals surface area contributed by atoms with Gasteiger partial charge in [-0.15, -0.1) is 0 Å². The van der Waals surface area contributed by atoms with E-state index in [0.29, 0.717) is 25.3 Å². The molecule has 0 radical (unpaired) electrons. The molecule has 7 nitrogen and oxygen atoms in total. The molecule has 3 N–H and O–H groups in total. The number of carboxylic acid groups (broad SMARTS) is 1. The molecule has 1 aromatic rings. The quantitative estimate of drug-likeness (QED) is 0.713. The van der Waals surface area contributed by atoms with Crippen molar-refractivity contribution in [3.63, 3.8) is 0 Å². The van der Waals surface area contributed by atoms with E-state index in [4.69, 9.17) is 9.84 Å². The van der Waals surface area contributed by atoms with Gasteiger partial charge in [-0.2, -0.15) is 0 Å². The Morgan fingerprint density at radius 1 is 1.45 bits per heavy atom. The smallest absolute Gasteiger partial charge is 0.315 e. The predicted octanol–water partition coefficient (Wildman–Crippen LogP) is 0.754. The molecule has 0 atom stereocenters. The highest BCUT2D eigenvalue weighted by molar-refractivity contribution is 5.80. The van der Waals surface area contributed by atoms with Crippen LogP contribution in [0.1, 0.15) is 18.4 Å². The van der Waals surface area contributed by atoms with E-state index in [2.05, 4.69) is 15.6 Å². The third kappa shape index (κ3) is 3.37. The summed E-state index contributed by atoms with van der Waals surface area (Å²) in [5.74, 6) is -0.371. The predicted molar refractivity (Wildman–Crippen MR) is 70.3 cm³/mol. The second-order valence-electron chi connectivity index (χ2n) is 4.83. The van der Waals surface area contributed by atoms with Crippen LogP contribution in [0.4, 0.5) is 4.79 Å². The summed E-state index contributed by atoms with van der Waals surface area (Å²) in [6.45, 7) is 0.485. The number of rotatable bonds is 6. The first-order valence-electron chi connectivity index (χ1n) is 6.30. The minimum Gasteiger partial charge on any atom is -0.481 e. The van der Waals surface area contributed by atoms with Gasteiger partial charge in [0.05, 0.1) is 12.5 Å². The molecule has 108 valence electrons. The van der Waals surface area contributed by atoms with Gasteiger partial charge >= 0.3 is 12.0 Å². The van der Waals surface area contributed by atoms with Crippen LogP contribution < -0.4 is 15.4 Å². The molecule has 20 heavy (non-hydrogen) atoms. The fraction of sp³-hybridized carbons (Fsp3) is 0.462. The van der Waals surface area contributed by atoms with Crippen molar-refractivity contribution in [2.24, 2.45) is 5.41 Å². The van der Waals surface area contributed by atoms with E-state index in [0.717, 1.165) is 5.56 Å². The van der Waals surface area contributed by atoms with Crippen LogP contribution in [0.25, 0.3) is 0 Å². The van der Waals surface area contributed by atoms with E-state index in [9.17, 15) is 9.59 Å². The monoisotopic (exact) mass is 279 g/mol. The van der Waals surface area contributed by atoms with E-state index in [1.54, 1.807) is 18.3 Å². The average molecular weight is 279 g/mol. The fourth-order valence-electron chi connectivity index (χ4n) is 1.78. The average Bonchev–Trinajstić information content (AvgIpc) is 3.24. The Morgan fingerprint density at radius 3 is 2.80 bits per heavy atom. The molecular formula is C13H17N3O4. The Bertz CT molecular complexity index is 514. The van der Waals surface area contributed by atoms with E-state index in [1.165, 1.54) is 7.11 Å². The van der Waals surface area contributed by atoms with Gasteiger partial charge in [0, 0.05) is 25.4 Å². The highest BCUT2D eigenvalue weighted by Gasteiger charge is 2.50. The molecule has 7 heteroatoms. The number of urea groups is 1. The first kappa shape index (κ1) is 14.1. The Morgan fingerprint density at radius 2 is 2.20 bits per heavy atom. The maximum atomic E-state index is 11.6. The van der Waals surface area contributed by atoms with Crippen molar-refractivity contribution in [1.82, 2.24) is 15.6 Å². The van der Waals surface area contributed by atoms with Crippen molar-refractivity contribution >= 4 is 12.0 Å². The van der Waals surface area contributed by atoms with Crippen molar-refractivity contribution in [3.05, 3.63) is 23.9 Å². The Kier molecular flexibility index (Phi) is 4.07. The molecule has 1 aliphatic carbocycles. The van der Waals surface area contributed by atoms with Crippen molar-refractivity contribution in [3.8, 4) is 5.88 Å². The largest absolute Gasteiger partial charge is 0.481 e. The third-order valence-corrected chi connectivity index (χ3v) is 3.36. The molecule has 1 aliphatic rings. The summed E-state index contributed by atoms with van der Waals surface area (Å²) in [4.78, 5) is 26.5. The van der Waals surface area contributed by atoms with Gasteiger partial charge in [-0.25, -0.2) is 9.78 Å². The van der Waals surface area contributed by atoms with Gasteiger partial charge in [0.1, 0.15) is 0 Å². The first-order valence-corrected chi connectivity index (χ1v) is 6.30. The van der Waals surface area contributed by atoms with Gasteiger partial charge in [0.15, 0.2) is 0 Å². The van der Waals surface area contributed by atoms with Crippen LogP contribution in [0.5, 0.6) is 5.88 Å². The van der Waals surface area contributed by atoms with Crippen LogP contribution in [0, 0.1) is 5.41 Å². The van der Waals surface area contributed by atoms with E-state index in [1.807, 2.05) is 0 Å². The molecule has 2 rings (SSSR count). The molecule has 0 aliphatic heterocycles. The summed E-state index contributed by atoms with van der Waals surface area (Å²) in [6.07, 6.45) is 2.83. The molecular weight excluding hydrogens is 262 g/mol. The van der Waals surface area contributed by atoms with E-state index >= 15 is 0 Å². The number of methoxy groups -OCH3 is 1. The SMILES string of the molecule is COc1cc(CNC(=O)NCC2(C(=O)O)CC2)ccn1. The zero-order valence-electron chi connectivity index (χ0n) is 11.2. The number of pyridine rings is 1. The summed E-state index contributed by atoms with van der Waals surface area (Å²) in [5, 5.41) is 14.2. The van der Waals surface area contributed by atoms with Crippen LogP contribution in [0.3, 0.4) is 0 Å². The second kappa shape index (κ2) is 5.77. The zero-order valence-corrected chi connectivity index (χ0v) is 11.2. The maximum Gasteiger partial charge on any atom is 0.315 e. The lowest BCUT2D eigenvalue weighted by Gasteiger charge is -2.12. The molecule has 0 unspecified atom stereocenters. The molecule has 1 fully saturated rings. The maximum absolute atomic E-state index is 11.6. The standard InChI is InChI=1S/C13H17N3O4/c1-20-10-6-9(2-5-14-10)7-15-12(19)16-8-13(3-4-13)11(17)18/h2,5-6H,3-4,7-8H2,1H3,(H,17,18)(H2,15,16,19). The number of hydrogen-bond donors (Lipinski definition) is 3. The van der Waals surface area contributed by atoms with Crippen molar-refractivity contribution < 1.29 is 19.4 Å². The van der Waals surface area contributed by atoms with Crippen LogP contribution in [-0.2, 0) is 11.3 Å². The van der Waals surface area contributed by atoms with Crippen molar-refractivity contribution in [2.75, 3.05) is 13.7 Å². The normalized spacial score (nSPS) is 15.2. The van der Waals surface area contributed by atoms with Gasteiger partial charge in [0.2, 0.25) is 5.88 Å². The Labute approximate surface area is 116 Å². The lowest BCUT2D eigenvalue weighted by molar-refractivity contribution is -0.143. The number of carbonyl (C=O) groups excluding carboxylic acids is 1. The lowest BCUT2D eigenvalue weighted by Crippen LogP contribution is -2.40. The second-order valence-corrected chi connectivity index (χ2v) is 4.83. The third-order valence-electron chi connectivity index (χ3n) is 3.36. The molecule has 0 spiro atoms. The van der Waals surface area contributed by atoms with E-state index < -0.39 is 11.4 Å². The first-order chi connectivity index (χ1) is 9.55. The zero-order chi connectivity index (χ0) is 14.6. The number of nitrogens with zero attached hydrogens (tertiary/aromatic N) is 1. The van der Waals surface area contributed by atoms with Crippen LogP contribution >= 0.6 is 0 Å². The summed E-state index contributed by atoms with van der Waals surface area (Å²) in [7, 11) is 1.52. The summed E-state index contributed by atoms with van der Waals surface area (Å²) < 4.78 is 4.98. The minimum absolute atomic E-state index is 0.161. The molecule has 0 bridgehead atoms. The Hall–Kier alpha value is -2.31. The number of aliphatic carboxylic acids is 1. The van der Waals surface area contributed by atoms with Crippen LogP contribution in [-0.4, -0.2) is 35.7 Å². The van der Waals surface area contributed by atoms with Crippen LogP contribution in [0.15, 0.2) is 18.3 Å². The van der Waals surface area contributed by atoms with Gasteiger partial charge in [-0.3, -0.25) is 4.79 Å². The summed E-state index contributed by atoms with van der Waals surface area (Å²) in [5.41, 5.74) is 0.100. The minimum atomic E-state index is -0.850. The Balaban J connectivity index is 1.76. The number of carboxylic acids is 1. The van der Waals surface area contributed by atoms with Gasteiger partial charge in [-0.05, 0) is 24.5 Å². The van der Waals surface area contributed by atoms with Gasteiger partial charge in [0.25, 0.3) is 0 Å². The lowest BCUT2D eigenvalue weighted by atomic mass is 10.1. The summed E-state index contributed by atoms with van der Waals surface area (Å²) >= 11 is 0. The number of carbonyl (C=O) groups is 2. The van der Waals surface area contributed by atoms with E-state index in [-0.39, 0.29) is 12.6 Å². The molecule has 1 aromatic heterocycles. The molecule has 0 saturated heterocycles. The number of hydrogen-bond acceptors (Lipinski definition) is 4.